The van der Waals surface area contributed by atoms with E-state index >= 15 is 0 Å². The third-order valence-corrected chi connectivity index (χ3v) is 2.53. The third kappa shape index (κ3) is 1.97. The smallest absolute Gasteiger partial charge is 0.192 e. The van der Waals surface area contributed by atoms with E-state index < -0.39 is 0 Å². The molecule has 0 spiro atoms. The molecule has 1 aromatic rings. The van der Waals surface area contributed by atoms with Crippen molar-refractivity contribution in [2.24, 2.45) is 0 Å². The predicted octanol–water partition coefficient (Wildman–Crippen LogP) is 2.05. The van der Waals surface area contributed by atoms with Gasteiger partial charge in [-0.3, -0.25) is 0 Å². The number of hydrogen-bond donors (Lipinski definition) is 0. The average molecular weight is 188 g/mol. The van der Waals surface area contributed by atoms with Gasteiger partial charge in [-0.25, -0.2) is 0 Å². The van der Waals surface area contributed by atoms with Crippen LogP contribution >= 0.6 is 11.3 Å². The maximum absolute atomic E-state index is 5.08. The first-order valence-corrected chi connectivity index (χ1v) is 4.32. The molecule has 0 amide bonds. The molecule has 0 aliphatic heterocycles. The Morgan fingerprint density at radius 1 is 1.17 bits per heavy atom. The Bertz CT molecular complexity index is 230. The first-order valence-electron chi connectivity index (χ1n) is 3.51. The molecule has 0 saturated heterocycles. The molecule has 0 saturated carbocycles. The van der Waals surface area contributed by atoms with Crippen molar-refractivity contribution in [3.05, 3.63) is 17.0 Å². The van der Waals surface area contributed by atoms with Crippen LogP contribution in [0.25, 0.3) is 0 Å². The van der Waals surface area contributed by atoms with Crippen LogP contribution in [0.1, 0.15) is 11.2 Å². The maximum Gasteiger partial charge on any atom is 0.192 e. The SMILES string of the molecule is COc1ccc(C(OC)OC)s1. The fourth-order valence-electron chi connectivity index (χ4n) is 0.899. The standard InChI is InChI=1S/C8H12O3S/c1-9-7-5-4-6(12-7)8(10-2)11-3/h4-5,8H,1-3H3. The van der Waals surface area contributed by atoms with Crippen molar-refractivity contribution < 1.29 is 14.2 Å². The predicted molar refractivity (Wildman–Crippen MR) is 47.6 cm³/mol. The molecule has 1 heterocycles. The minimum Gasteiger partial charge on any atom is -0.487 e. The summed E-state index contributed by atoms with van der Waals surface area (Å²) in [4.78, 5) is 1.01. The second kappa shape index (κ2) is 4.45. The third-order valence-electron chi connectivity index (χ3n) is 1.46. The zero-order valence-electron chi connectivity index (χ0n) is 7.37. The number of ether oxygens (including phenoxy) is 3. The molecular formula is C8H12O3S. The van der Waals surface area contributed by atoms with Crippen molar-refractivity contribution in [1.29, 1.82) is 0 Å². The van der Waals surface area contributed by atoms with Crippen LogP contribution in [0.4, 0.5) is 0 Å². The Labute approximate surface area is 75.9 Å². The summed E-state index contributed by atoms with van der Waals surface area (Å²) in [6, 6.07) is 3.83. The molecular weight excluding hydrogens is 176 g/mol. The maximum atomic E-state index is 5.08. The van der Waals surface area contributed by atoms with Crippen LogP contribution in [0.5, 0.6) is 5.06 Å². The van der Waals surface area contributed by atoms with E-state index in [-0.39, 0.29) is 6.29 Å². The summed E-state index contributed by atoms with van der Waals surface area (Å²) in [6.45, 7) is 0. The van der Waals surface area contributed by atoms with Gasteiger partial charge in [0.25, 0.3) is 0 Å². The molecule has 1 rings (SSSR count). The fourth-order valence-corrected chi connectivity index (χ4v) is 1.78. The Kier molecular flexibility index (Phi) is 3.52. The van der Waals surface area contributed by atoms with Crippen molar-refractivity contribution in [3.8, 4) is 5.06 Å². The van der Waals surface area contributed by atoms with Gasteiger partial charge in [0.1, 0.15) is 0 Å². The summed E-state index contributed by atoms with van der Waals surface area (Å²) in [7, 11) is 4.87. The van der Waals surface area contributed by atoms with E-state index in [0.29, 0.717) is 0 Å². The highest BCUT2D eigenvalue weighted by Gasteiger charge is 2.11. The molecule has 0 unspecified atom stereocenters. The molecule has 12 heavy (non-hydrogen) atoms. The normalized spacial score (nSPS) is 10.7. The number of methoxy groups -OCH3 is 3. The zero-order chi connectivity index (χ0) is 8.97. The first kappa shape index (κ1) is 9.51. The fraction of sp³-hybridized carbons (Fsp3) is 0.500. The van der Waals surface area contributed by atoms with Crippen molar-refractivity contribution in [1.82, 2.24) is 0 Å². The molecule has 68 valence electrons. The molecule has 0 aliphatic carbocycles. The average Bonchev–Trinajstić information content (AvgIpc) is 2.55. The molecule has 0 aromatic carbocycles. The van der Waals surface area contributed by atoms with Gasteiger partial charge in [0, 0.05) is 14.2 Å². The lowest BCUT2D eigenvalue weighted by molar-refractivity contribution is -0.103. The van der Waals surface area contributed by atoms with Crippen LogP contribution in [0.3, 0.4) is 0 Å². The van der Waals surface area contributed by atoms with E-state index in [0.717, 1.165) is 9.94 Å². The molecule has 0 atom stereocenters. The van der Waals surface area contributed by atoms with E-state index in [2.05, 4.69) is 0 Å². The van der Waals surface area contributed by atoms with E-state index in [1.807, 2.05) is 12.1 Å². The Hall–Kier alpha value is -0.580. The molecule has 0 radical (unpaired) electrons. The van der Waals surface area contributed by atoms with Crippen LogP contribution in [0.2, 0.25) is 0 Å². The Morgan fingerprint density at radius 2 is 1.83 bits per heavy atom. The number of rotatable bonds is 4. The molecule has 0 bridgehead atoms. The lowest BCUT2D eigenvalue weighted by atomic mass is 10.4. The second-order valence-corrected chi connectivity index (χ2v) is 3.24. The quantitative estimate of drug-likeness (QED) is 0.677. The summed E-state index contributed by atoms with van der Waals surface area (Å²) in [6.07, 6.45) is -0.279. The van der Waals surface area contributed by atoms with Crippen LogP contribution in [-0.4, -0.2) is 21.3 Å². The lowest BCUT2D eigenvalue weighted by Gasteiger charge is -2.09. The molecule has 0 fully saturated rings. The molecule has 1 aromatic heterocycles. The van der Waals surface area contributed by atoms with Gasteiger partial charge in [-0.15, -0.1) is 0 Å². The summed E-state index contributed by atoms with van der Waals surface area (Å²) in [5, 5.41) is 0.865. The van der Waals surface area contributed by atoms with Crippen LogP contribution in [-0.2, 0) is 9.47 Å². The topological polar surface area (TPSA) is 27.7 Å². The van der Waals surface area contributed by atoms with Gasteiger partial charge in [-0.05, 0) is 12.1 Å². The Balaban J connectivity index is 2.72. The molecule has 0 aliphatic rings. The van der Waals surface area contributed by atoms with E-state index in [4.69, 9.17) is 14.2 Å². The summed E-state index contributed by atoms with van der Waals surface area (Å²) < 4.78 is 15.2. The summed E-state index contributed by atoms with van der Waals surface area (Å²) >= 11 is 1.52. The van der Waals surface area contributed by atoms with Gasteiger partial charge in [-0.1, -0.05) is 11.3 Å². The zero-order valence-corrected chi connectivity index (χ0v) is 8.18. The van der Waals surface area contributed by atoms with Gasteiger partial charge in [0.15, 0.2) is 11.4 Å². The Morgan fingerprint density at radius 3 is 2.25 bits per heavy atom. The van der Waals surface area contributed by atoms with Crippen LogP contribution in [0, 0.1) is 0 Å². The molecule has 4 heteroatoms. The first-order chi connectivity index (χ1) is 5.81. The number of thiophene rings is 1. The van der Waals surface area contributed by atoms with Crippen molar-refractivity contribution >= 4 is 11.3 Å². The highest BCUT2D eigenvalue weighted by molar-refractivity contribution is 7.13. The minimum atomic E-state index is -0.279. The number of hydrogen-bond acceptors (Lipinski definition) is 4. The summed E-state index contributed by atoms with van der Waals surface area (Å²) in [5.41, 5.74) is 0. The highest BCUT2D eigenvalue weighted by Crippen LogP contribution is 2.30. The van der Waals surface area contributed by atoms with E-state index in [9.17, 15) is 0 Å². The minimum absolute atomic E-state index is 0.279. The van der Waals surface area contributed by atoms with Gasteiger partial charge in [0.05, 0.1) is 12.0 Å². The second-order valence-electron chi connectivity index (χ2n) is 2.16. The van der Waals surface area contributed by atoms with Crippen molar-refractivity contribution in [2.45, 2.75) is 6.29 Å². The van der Waals surface area contributed by atoms with Crippen LogP contribution < -0.4 is 4.74 Å². The highest BCUT2D eigenvalue weighted by atomic mass is 32.1. The van der Waals surface area contributed by atoms with Gasteiger partial charge in [-0.2, -0.15) is 0 Å². The van der Waals surface area contributed by atoms with Crippen molar-refractivity contribution in [3.63, 3.8) is 0 Å². The van der Waals surface area contributed by atoms with Crippen LogP contribution in [0.15, 0.2) is 12.1 Å². The molecule has 3 nitrogen and oxygen atoms in total. The van der Waals surface area contributed by atoms with Crippen molar-refractivity contribution in [2.75, 3.05) is 21.3 Å². The van der Waals surface area contributed by atoms with E-state index in [1.54, 1.807) is 21.3 Å². The van der Waals surface area contributed by atoms with E-state index in [1.165, 1.54) is 11.3 Å². The van der Waals surface area contributed by atoms with Gasteiger partial charge in [0.2, 0.25) is 0 Å². The largest absolute Gasteiger partial charge is 0.487 e. The monoisotopic (exact) mass is 188 g/mol. The lowest BCUT2D eigenvalue weighted by Crippen LogP contribution is -2.00. The van der Waals surface area contributed by atoms with Gasteiger partial charge < -0.3 is 14.2 Å². The van der Waals surface area contributed by atoms with Gasteiger partial charge >= 0.3 is 0 Å². The summed E-state index contributed by atoms with van der Waals surface area (Å²) in [5.74, 6) is 0. The molecule has 0 N–H and O–H groups in total.